The van der Waals surface area contributed by atoms with Crippen molar-refractivity contribution in [2.45, 2.75) is 6.18 Å². The van der Waals surface area contributed by atoms with Crippen LogP contribution >= 0.6 is 0 Å². The molecule has 38 heavy (non-hydrogen) atoms. The number of anilines is 1. The molecule has 0 unspecified atom stereocenters. The summed E-state index contributed by atoms with van der Waals surface area (Å²) in [5.74, 6) is -1.47. The zero-order valence-corrected chi connectivity index (χ0v) is 19.7. The molecular formula is C26H20F3N5O4. The Morgan fingerprint density at radius 1 is 0.947 bits per heavy atom. The van der Waals surface area contributed by atoms with Gasteiger partial charge in [0.25, 0.3) is 5.91 Å². The molecule has 0 radical (unpaired) electrons. The summed E-state index contributed by atoms with van der Waals surface area (Å²) in [7, 11) is 1.62. The Labute approximate surface area is 213 Å². The van der Waals surface area contributed by atoms with Crippen LogP contribution in [0, 0.1) is 0 Å². The van der Waals surface area contributed by atoms with Crippen LogP contribution < -0.4 is 10.1 Å². The molecule has 0 atom stereocenters. The number of nitrogens with zero attached hydrogens (tertiary/aromatic N) is 2. The first-order chi connectivity index (χ1) is 18.1. The standard InChI is InChI=1S/C24H19N5O2.C2HF3O2/c1-31-18-10-7-15(8-11-18)20-14-22(29-28-20)24(30)25-17-9-12-19-21(13-17)27-23(26-19)16-5-3-2-4-6-16;3-2(4,5)1(6)7/h2-14H,1H3,(H,25,30)(H,26,27)(H,28,29);(H,6,7). The monoisotopic (exact) mass is 523 g/mol. The maximum absolute atomic E-state index is 12.7. The largest absolute Gasteiger partial charge is 0.497 e. The number of nitrogens with one attached hydrogen (secondary N) is 3. The summed E-state index contributed by atoms with van der Waals surface area (Å²) in [6.07, 6.45) is -5.08. The first-order valence-corrected chi connectivity index (χ1v) is 11.0. The summed E-state index contributed by atoms with van der Waals surface area (Å²) in [6, 6.07) is 24.7. The number of carboxylic acid groups (broad SMARTS) is 1. The molecule has 5 rings (SSSR count). The minimum absolute atomic E-state index is 0.269. The van der Waals surface area contributed by atoms with Gasteiger partial charge in [-0.2, -0.15) is 18.3 Å². The lowest BCUT2D eigenvalue weighted by molar-refractivity contribution is -0.192. The number of amides is 1. The number of alkyl halides is 3. The zero-order chi connectivity index (χ0) is 27.3. The summed E-state index contributed by atoms with van der Waals surface area (Å²) in [5, 5.41) is 17.1. The van der Waals surface area contributed by atoms with E-state index in [0.717, 1.165) is 33.7 Å². The molecule has 5 aromatic rings. The van der Waals surface area contributed by atoms with Gasteiger partial charge in [-0.05, 0) is 48.5 Å². The van der Waals surface area contributed by atoms with Crippen molar-refractivity contribution in [2.24, 2.45) is 0 Å². The van der Waals surface area contributed by atoms with E-state index < -0.39 is 12.1 Å². The van der Waals surface area contributed by atoms with Crippen LogP contribution in [0.25, 0.3) is 33.7 Å². The number of hydrogen-bond donors (Lipinski definition) is 4. The van der Waals surface area contributed by atoms with Crippen molar-refractivity contribution in [3.05, 3.63) is 84.6 Å². The van der Waals surface area contributed by atoms with Gasteiger partial charge in [0.15, 0.2) is 0 Å². The van der Waals surface area contributed by atoms with E-state index in [9.17, 15) is 18.0 Å². The molecule has 0 bridgehead atoms. The Kier molecular flexibility index (Phi) is 7.42. The van der Waals surface area contributed by atoms with E-state index in [1.165, 1.54) is 0 Å². The van der Waals surface area contributed by atoms with E-state index in [-0.39, 0.29) is 5.91 Å². The first kappa shape index (κ1) is 25.9. The maximum atomic E-state index is 12.7. The number of ether oxygens (including phenoxy) is 1. The number of hydrogen-bond acceptors (Lipinski definition) is 5. The lowest BCUT2D eigenvalue weighted by atomic mass is 10.1. The highest BCUT2D eigenvalue weighted by atomic mass is 19.4. The van der Waals surface area contributed by atoms with Crippen LogP contribution in [-0.4, -0.2) is 50.4 Å². The van der Waals surface area contributed by atoms with Crippen LogP contribution in [-0.2, 0) is 4.79 Å². The number of fused-ring (bicyclic) bond motifs is 1. The number of carbonyl (C=O) groups is 2. The topological polar surface area (TPSA) is 133 Å². The minimum Gasteiger partial charge on any atom is -0.497 e. The molecule has 0 saturated carbocycles. The molecule has 3 aromatic carbocycles. The van der Waals surface area contributed by atoms with E-state index in [2.05, 4.69) is 25.5 Å². The molecule has 1 amide bonds. The Morgan fingerprint density at radius 2 is 1.63 bits per heavy atom. The van der Waals surface area contributed by atoms with Crippen molar-refractivity contribution in [1.82, 2.24) is 20.2 Å². The van der Waals surface area contributed by atoms with Crippen molar-refractivity contribution in [3.63, 3.8) is 0 Å². The molecule has 0 aliphatic carbocycles. The number of imidazole rings is 1. The van der Waals surface area contributed by atoms with Crippen LogP contribution in [0.4, 0.5) is 18.9 Å². The Balaban J connectivity index is 0.000000426. The second-order valence-corrected chi connectivity index (χ2v) is 7.84. The van der Waals surface area contributed by atoms with E-state index in [1.54, 1.807) is 13.2 Å². The Morgan fingerprint density at radius 3 is 2.26 bits per heavy atom. The van der Waals surface area contributed by atoms with Crippen molar-refractivity contribution < 1.29 is 32.6 Å². The quantitative estimate of drug-likeness (QED) is 0.240. The van der Waals surface area contributed by atoms with Gasteiger partial charge < -0.3 is 20.1 Å². The molecule has 9 nitrogen and oxygen atoms in total. The second-order valence-electron chi connectivity index (χ2n) is 7.84. The number of halogens is 3. The van der Waals surface area contributed by atoms with Crippen LogP contribution in [0.1, 0.15) is 10.5 Å². The molecule has 2 heterocycles. The van der Waals surface area contributed by atoms with Gasteiger partial charge in [0.1, 0.15) is 17.3 Å². The van der Waals surface area contributed by atoms with Gasteiger partial charge in [-0.25, -0.2) is 9.78 Å². The van der Waals surface area contributed by atoms with Crippen molar-refractivity contribution in [1.29, 1.82) is 0 Å². The lowest BCUT2D eigenvalue weighted by Gasteiger charge is -2.03. The number of aromatic amines is 2. The van der Waals surface area contributed by atoms with Gasteiger partial charge in [0.2, 0.25) is 0 Å². The van der Waals surface area contributed by atoms with Gasteiger partial charge in [0.05, 0.1) is 23.8 Å². The minimum atomic E-state index is -5.08. The SMILES string of the molecule is COc1ccc(-c2cc(C(=O)Nc3ccc4nc(-c5ccccc5)[nH]c4c3)[nH]n2)cc1.O=C(O)C(F)(F)F. The summed E-state index contributed by atoms with van der Waals surface area (Å²) in [6.45, 7) is 0. The third-order valence-electron chi connectivity index (χ3n) is 5.24. The highest BCUT2D eigenvalue weighted by Crippen LogP contribution is 2.24. The van der Waals surface area contributed by atoms with Crippen LogP contribution in [0.3, 0.4) is 0 Å². The van der Waals surface area contributed by atoms with Crippen molar-refractivity contribution in [3.8, 4) is 28.4 Å². The van der Waals surface area contributed by atoms with E-state index >= 15 is 0 Å². The number of rotatable bonds is 5. The summed E-state index contributed by atoms with van der Waals surface area (Å²) < 4.78 is 36.9. The fourth-order valence-corrected chi connectivity index (χ4v) is 3.37. The van der Waals surface area contributed by atoms with Gasteiger partial charge in [-0.15, -0.1) is 0 Å². The number of carboxylic acids is 1. The van der Waals surface area contributed by atoms with Crippen LogP contribution in [0.2, 0.25) is 0 Å². The number of aromatic nitrogens is 4. The highest BCUT2D eigenvalue weighted by molar-refractivity contribution is 6.04. The Hall–Kier alpha value is -5.13. The fourth-order valence-electron chi connectivity index (χ4n) is 3.37. The normalized spacial score (nSPS) is 10.9. The molecule has 4 N–H and O–H groups in total. The van der Waals surface area contributed by atoms with Crippen molar-refractivity contribution in [2.75, 3.05) is 12.4 Å². The highest BCUT2D eigenvalue weighted by Gasteiger charge is 2.38. The average molecular weight is 523 g/mol. The van der Waals surface area contributed by atoms with Gasteiger partial charge in [-0.3, -0.25) is 9.89 Å². The fraction of sp³-hybridized carbons (Fsp3) is 0.0769. The third kappa shape index (κ3) is 6.16. The molecule has 0 spiro atoms. The first-order valence-electron chi connectivity index (χ1n) is 11.0. The number of H-pyrrole nitrogens is 2. The van der Waals surface area contributed by atoms with E-state index in [4.69, 9.17) is 14.6 Å². The average Bonchev–Trinajstić information content (AvgIpc) is 3.57. The van der Waals surface area contributed by atoms with Crippen LogP contribution in [0.15, 0.2) is 78.9 Å². The Bertz CT molecular complexity index is 1560. The molecule has 2 aromatic heterocycles. The molecule has 0 saturated heterocycles. The molecule has 0 aliphatic heterocycles. The summed E-state index contributed by atoms with van der Waals surface area (Å²) in [4.78, 5) is 29.5. The van der Waals surface area contributed by atoms with Crippen LogP contribution in [0.5, 0.6) is 5.75 Å². The second kappa shape index (κ2) is 10.9. The summed E-state index contributed by atoms with van der Waals surface area (Å²) >= 11 is 0. The molecular weight excluding hydrogens is 503 g/mol. The number of carbonyl (C=O) groups excluding carboxylic acids is 1. The van der Waals surface area contributed by atoms with Crippen molar-refractivity contribution >= 4 is 28.6 Å². The summed E-state index contributed by atoms with van der Waals surface area (Å²) in [5.41, 5.74) is 5.31. The zero-order valence-electron chi connectivity index (χ0n) is 19.7. The number of benzene rings is 3. The number of methoxy groups -OCH3 is 1. The van der Waals surface area contributed by atoms with E-state index in [0.29, 0.717) is 17.1 Å². The lowest BCUT2D eigenvalue weighted by Crippen LogP contribution is -2.21. The molecule has 194 valence electrons. The van der Waals surface area contributed by atoms with Gasteiger partial charge in [-0.1, -0.05) is 30.3 Å². The van der Waals surface area contributed by atoms with E-state index in [1.807, 2.05) is 72.8 Å². The number of aliphatic carboxylic acids is 1. The smallest absolute Gasteiger partial charge is 0.490 e. The van der Waals surface area contributed by atoms with Gasteiger partial charge in [0, 0.05) is 16.8 Å². The molecule has 12 heteroatoms. The predicted octanol–water partition coefficient (Wildman–Crippen LogP) is 5.51. The van der Waals surface area contributed by atoms with Gasteiger partial charge >= 0.3 is 12.1 Å². The predicted molar refractivity (Wildman–Crippen MR) is 134 cm³/mol. The third-order valence-corrected chi connectivity index (χ3v) is 5.24. The maximum Gasteiger partial charge on any atom is 0.490 e. The molecule has 0 aliphatic rings. The molecule has 0 fully saturated rings.